The molecule has 0 heterocycles. The zero-order valence-corrected chi connectivity index (χ0v) is 16.2. The molecule has 132 valence electrons. The summed E-state index contributed by atoms with van der Waals surface area (Å²) in [7, 11) is 0. The van der Waals surface area contributed by atoms with Crippen LogP contribution in [0.15, 0.2) is 48.5 Å². The van der Waals surface area contributed by atoms with Crippen molar-refractivity contribution in [3.05, 3.63) is 59.7 Å². The van der Waals surface area contributed by atoms with Crippen molar-refractivity contribution in [3.8, 4) is 11.1 Å². The molecule has 0 saturated heterocycles. The largest absolute Gasteiger partial charge is 0.0776 e. The first-order valence-corrected chi connectivity index (χ1v) is 8.85. The van der Waals surface area contributed by atoms with Crippen LogP contribution in [0.1, 0.15) is 79.9 Å². The molecule has 0 unspecified atom stereocenters. The molecule has 2 aromatic rings. The molecule has 0 N–H and O–H groups in total. The summed E-state index contributed by atoms with van der Waals surface area (Å²) >= 11 is 0. The molecule has 0 aliphatic heterocycles. The lowest BCUT2D eigenvalue weighted by molar-refractivity contribution is 0.859. The highest BCUT2D eigenvalue weighted by molar-refractivity contribution is 5.69. The maximum Gasteiger partial charge on any atom is -0.0147 e. The van der Waals surface area contributed by atoms with Crippen LogP contribution in [0, 0.1) is 6.92 Å². The number of benzene rings is 2. The molecule has 2 rings (SSSR count). The van der Waals surface area contributed by atoms with Gasteiger partial charge in [0.1, 0.15) is 0 Å². The zero-order chi connectivity index (χ0) is 17.5. The fraction of sp³-hybridized carbons (Fsp3) is 0.478. The van der Waals surface area contributed by atoms with E-state index in [-0.39, 0.29) is 7.43 Å². The Bertz CT molecular complexity index is 467. The first-order valence-electron chi connectivity index (χ1n) is 8.85. The average molecular weight is 317 g/mol. The second-order valence-corrected chi connectivity index (χ2v) is 4.56. The van der Waals surface area contributed by atoms with E-state index in [0.29, 0.717) is 5.92 Å². The molecule has 0 atom stereocenters. The van der Waals surface area contributed by atoms with Gasteiger partial charge in [0.15, 0.2) is 0 Å². The Balaban J connectivity index is -0.000000514. The predicted molar refractivity (Wildman–Crippen MR) is 111 cm³/mol. The van der Waals surface area contributed by atoms with Crippen molar-refractivity contribution in [3.63, 3.8) is 0 Å². The molecule has 0 aliphatic rings. The lowest BCUT2D eigenvalue weighted by atomic mass is 9.89. The van der Waals surface area contributed by atoms with Crippen molar-refractivity contribution < 1.29 is 0 Å². The van der Waals surface area contributed by atoms with E-state index in [1.54, 1.807) is 0 Å². The van der Waals surface area contributed by atoms with E-state index in [4.69, 9.17) is 0 Å². The van der Waals surface area contributed by atoms with Crippen molar-refractivity contribution in [2.24, 2.45) is 0 Å². The highest BCUT2D eigenvalue weighted by Crippen LogP contribution is 2.31. The highest BCUT2D eigenvalue weighted by Gasteiger charge is 2.10. The normalized spacial score (nSPS) is 8.26. The summed E-state index contributed by atoms with van der Waals surface area (Å²) in [5.74, 6) is 0.566. The van der Waals surface area contributed by atoms with Gasteiger partial charge in [-0.05, 0) is 35.1 Å². The Morgan fingerprint density at radius 2 is 1.13 bits per heavy atom. The van der Waals surface area contributed by atoms with Crippen LogP contribution in [0.2, 0.25) is 0 Å². The quantitative estimate of drug-likeness (QED) is 0.521. The monoisotopic (exact) mass is 316 g/mol. The summed E-state index contributed by atoms with van der Waals surface area (Å²) in [6, 6.07) is 17.2. The third-order valence-electron chi connectivity index (χ3n) is 2.99. The maximum absolute atomic E-state index is 2.26. The van der Waals surface area contributed by atoms with Crippen molar-refractivity contribution >= 4 is 0 Å². The van der Waals surface area contributed by atoms with Gasteiger partial charge in [0.25, 0.3) is 0 Å². The topological polar surface area (TPSA) is 0 Å². The summed E-state index contributed by atoms with van der Waals surface area (Å²) in [6.45, 7) is 18.7. The van der Waals surface area contributed by atoms with E-state index in [2.05, 4.69) is 69.3 Å². The van der Waals surface area contributed by atoms with E-state index < -0.39 is 0 Å². The van der Waals surface area contributed by atoms with Crippen LogP contribution < -0.4 is 0 Å². The number of hydrogen-bond acceptors (Lipinski definition) is 0. The summed E-state index contributed by atoms with van der Waals surface area (Å²) in [5.41, 5.74) is 5.54. The first kappa shape index (κ1) is 26.3. The molecule has 0 aromatic heterocycles. The molecule has 0 aliphatic carbocycles. The molecule has 0 nitrogen and oxygen atoms in total. The van der Waals surface area contributed by atoms with Crippen LogP contribution in [0.25, 0.3) is 11.1 Å². The Morgan fingerprint density at radius 1 is 0.652 bits per heavy atom. The SMILES string of the molecule is C.CC.CC.CC.Cc1cccc(-c2ccccc2)c1C(C)C. The number of aryl methyl sites for hydroxylation is 1. The Morgan fingerprint density at radius 3 is 1.57 bits per heavy atom. The third kappa shape index (κ3) is 8.59. The van der Waals surface area contributed by atoms with Gasteiger partial charge in [-0.2, -0.15) is 0 Å². The minimum Gasteiger partial charge on any atom is -0.0776 e. The van der Waals surface area contributed by atoms with Crippen molar-refractivity contribution in [2.45, 2.75) is 75.7 Å². The summed E-state index contributed by atoms with van der Waals surface area (Å²) in [4.78, 5) is 0. The van der Waals surface area contributed by atoms with Crippen molar-refractivity contribution in [2.75, 3.05) is 0 Å². The second-order valence-electron chi connectivity index (χ2n) is 4.56. The summed E-state index contributed by atoms with van der Waals surface area (Å²) in [6.07, 6.45) is 0. The van der Waals surface area contributed by atoms with Crippen LogP contribution >= 0.6 is 0 Å². The van der Waals surface area contributed by atoms with Gasteiger partial charge in [-0.1, -0.05) is 111 Å². The molecular weight excluding hydrogens is 276 g/mol. The van der Waals surface area contributed by atoms with Gasteiger partial charge in [-0.15, -0.1) is 0 Å². The molecule has 0 heteroatoms. The molecular formula is C23H40. The molecule has 2 aromatic carbocycles. The van der Waals surface area contributed by atoms with Gasteiger partial charge in [-0.25, -0.2) is 0 Å². The first-order chi connectivity index (χ1) is 10.7. The lowest BCUT2D eigenvalue weighted by Crippen LogP contribution is -1.95. The zero-order valence-electron chi connectivity index (χ0n) is 16.2. The van der Waals surface area contributed by atoms with Gasteiger partial charge in [0, 0.05) is 0 Å². The van der Waals surface area contributed by atoms with Crippen molar-refractivity contribution in [1.29, 1.82) is 0 Å². The van der Waals surface area contributed by atoms with E-state index in [9.17, 15) is 0 Å². The third-order valence-corrected chi connectivity index (χ3v) is 2.99. The minimum absolute atomic E-state index is 0. The van der Waals surface area contributed by atoms with Gasteiger partial charge in [0.05, 0.1) is 0 Å². The molecule has 0 bridgehead atoms. The van der Waals surface area contributed by atoms with Gasteiger partial charge in [-0.3, -0.25) is 0 Å². The molecule has 0 radical (unpaired) electrons. The van der Waals surface area contributed by atoms with Gasteiger partial charge >= 0.3 is 0 Å². The molecule has 0 saturated carbocycles. The highest BCUT2D eigenvalue weighted by atomic mass is 14.1. The number of rotatable bonds is 2. The minimum atomic E-state index is 0. The van der Waals surface area contributed by atoms with Gasteiger partial charge < -0.3 is 0 Å². The lowest BCUT2D eigenvalue weighted by Gasteiger charge is -2.16. The van der Waals surface area contributed by atoms with Crippen LogP contribution in [0.4, 0.5) is 0 Å². The second kappa shape index (κ2) is 16.8. The van der Waals surface area contributed by atoms with Crippen LogP contribution in [0.5, 0.6) is 0 Å². The maximum atomic E-state index is 2.26. The van der Waals surface area contributed by atoms with E-state index >= 15 is 0 Å². The van der Waals surface area contributed by atoms with Crippen LogP contribution in [-0.2, 0) is 0 Å². The van der Waals surface area contributed by atoms with E-state index in [1.165, 1.54) is 22.3 Å². The Hall–Kier alpha value is -1.56. The standard InChI is InChI=1S/C16H18.3C2H6.CH4/c1-12(2)16-13(3)8-7-11-15(16)14-9-5-4-6-10-14;3*1-2;/h4-12H,1-3H3;3*1-2H3;1H4. The van der Waals surface area contributed by atoms with Crippen LogP contribution in [0.3, 0.4) is 0 Å². The molecule has 0 fully saturated rings. The smallest absolute Gasteiger partial charge is 0.0147 e. The summed E-state index contributed by atoms with van der Waals surface area (Å²) < 4.78 is 0. The Kier molecular flexibility index (Phi) is 19.2. The predicted octanol–water partition coefficient (Wildman–Crippen LogP) is 8.50. The van der Waals surface area contributed by atoms with E-state index in [0.717, 1.165) is 0 Å². The van der Waals surface area contributed by atoms with Gasteiger partial charge in [0.2, 0.25) is 0 Å². The Labute approximate surface area is 147 Å². The van der Waals surface area contributed by atoms with Crippen molar-refractivity contribution in [1.82, 2.24) is 0 Å². The number of hydrogen-bond donors (Lipinski definition) is 0. The fourth-order valence-electron chi connectivity index (χ4n) is 2.32. The molecule has 0 spiro atoms. The molecule has 23 heavy (non-hydrogen) atoms. The summed E-state index contributed by atoms with van der Waals surface area (Å²) in [5, 5.41) is 0. The fourth-order valence-corrected chi connectivity index (χ4v) is 2.32. The van der Waals surface area contributed by atoms with E-state index in [1.807, 2.05) is 41.5 Å². The van der Waals surface area contributed by atoms with Crippen LogP contribution in [-0.4, -0.2) is 0 Å². The average Bonchev–Trinajstić information content (AvgIpc) is 2.60. The molecule has 0 amide bonds.